The molecule has 176 valence electrons. The Kier molecular flexibility index (Phi) is 6.73. The van der Waals surface area contributed by atoms with Crippen molar-refractivity contribution in [1.29, 1.82) is 0 Å². The molecule has 4 rings (SSSR count). The third-order valence-electron chi connectivity index (χ3n) is 5.44. The van der Waals surface area contributed by atoms with Crippen LogP contribution in [0, 0.1) is 6.92 Å². The third kappa shape index (κ3) is 4.96. The fourth-order valence-corrected chi connectivity index (χ4v) is 3.67. The van der Waals surface area contributed by atoms with E-state index in [-0.39, 0.29) is 22.9 Å². The number of methoxy groups -OCH3 is 1. The Hall–Kier alpha value is -4.72. The normalized spacial score (nSPS) is 10.9. The summed E-state index contributed by atoms with van der Waals surface area (Å²) in [5.74, 6) is -0.667. The second-order valence-corrected chi connectivity index (χ2v) is 7.83. The molecule has 0 heterocycles. The number of anilines is 1. The summed E-state index contributed by atoms with van der Waals surface area (Å²) in [6.45, 7) is 1.93. The van der Waals surface area contributed by atoms with E-state index in [1.807, 2.05) is 37.3 Å². The lowest BCUT2D eigenvalue weighted by molar-refractivity contribution is 0.0962. The van der Waals surface area contributed by atoms with E-state index in [2.05, 4.69) is 20.9 Å². The van der Waals surface area contributed by atoms with E-state index in [1.54, 1.807) is 36.4 Å². The monoisotopic (exact) mass is 468 g/mol. The zero-order valence-corrected chi connectivity index (χ0v) is 19.5. The number of ether oxygens (including phenoxy) is 1. The molecule has 0 aromatic heterocycles. The average molecular weight is 469 g/mol. The molecule has 0 fully saturated rings. The van der Waals surface area contributed by atoms with Gasteiger partial charge < -0.3 is 20.5 Å². The lowest BCUT2D eigenvalue weighted by atomic mass is 10.0. The van der Waals surface area contributed by atoms with Crippen molar-refractivity contribution in [3.8, 4) is 11.5 Å². The first-order valence-electron chi connectivity index (χ1n) is 10.9. The highest BCUT2D eigenvalue weighted by atomic mass is 16.5. The SMILES string of the molecule is CNC(=O)c1ccc(OC)c(/N=N/c2c(O)c(C(=O)Nc3cccc(C)c3)cc3ccccc23)c1. The number of aromatic hydroxyl groups is 1. The molecule has 0 aliphatic heterocycles. The molecule has 0 radical (unpaired) electrons. The number of fused-ring (bicyclic) bond motifs is 1. The first-order chi connectivity index (χ1) is 16.9. The maximum absolute atomic E-state index is 13.1. The van der Waals surface area contributed by atoms with Crippen molar-refractivity contribution in [3.05, 3.63) is 89.5 Å². The van der Waals surface area contributed by atoms with E-state index in [1.165, 1.54) is 20.2 Å². The Balaban J connectivity index is 1.79. The molecule has 0 aliphatic carbocycles. The topological polar surface area (TPSA) is 112 Å². The molecule has 0 spiro atoms. The van der Waals surface area contributed by atoms with Crippen LogP contribution in [-0.2, 0) is 0 Å². The van der Waals surface area contributed by atoms with Crippen molar-refractivity contribution in [2.45, 2.75) is 6.92 Å². The van der Waals surface area contributed by atoms with Gasteiger partial charge in [-0.2, -0.15) is 0 Å². The summed E-state index contributed by atoms with van der Waals surface area (Å²) >= 11 is 0. The number of amides is 2. The number of azo groups is 1. The van der Waals surface area contributed by atoms with Crippen LogP contribution in [-0.4, -0.2) is 31.1 Å². The van der Waals surface area contributed by atoms with Crippen LogP contribution in [0.1, 0.15) is 26.3 Å². The number of carbonyl (C=O) groups is 2. The van der Waals surface area contributed by atoms with Gasteiger partial charge in [-0.3, -0.25) is 9.59 Å². The molecule has 0 saturated carbocycles. The van der Waals surface area contributed by atoms with E-state index < -0.39 is 5.91 Å². The zero-order valence-electron chi connectivity index (χ0n) is 19.5. The van der Waals surface area contributed by atoms with Gasteiger partial charge in [0, 0.05) is 23.7 Å². The lowest BCUT2D eigenvalue weighted by Crippen LogP contribution is -2.17. The summed E-state index contributed by atoms with van der Waals surface area (Å²) in [6.07, 6.45) is 0. The van der Waals surface area contributed by atoms with Crippen LogP contribution >= 0.6 is 0 Å². The van der Waals surface area contributed by atoms with Crippen LogP contribution in [0.3, 0.4) is 0 Å². The average Bonchev–Trinajstić information content (AvgIpc) is 2.87. The van der Waals surface area contributed by atoms with Gasteiger partial charge in [-0.25, -0.2) is 0 Å². The number of hydrogen-bond donors (Lipinski definition) is 3. The Bertz CT molecular complexity index is 1460. The summed E-state index contributed by atoms with van der Waals surface area (Å²) in [7, 11) is 3.02. The van der Waals surface area contributed by atoms with Gasteiger partial charge in [0.05, 0.1) is 12.7 Å². The van der Waals surface area contributed by atoms with Crippen molar-refractivity contribution in [1.82, 2.24) is 5.32 Å². The van der Waals surface area contributed by atoms with E-state index in [9.17, 15) is 14.7 Å². The molecule has 0 atom stereocenters. The number of phenols is 1. The van der Waals surface area contributed by atoms with Crippen molar-refractivity contribution in [2.75, 3.05) is 19.5 Å². The van der Waals surface area contributed by atoms with Crippen LogP contribution in [0.25, 0.3) is 10.8 Å². The summed E-state index contributed by atoms with van der Waals surface area (Å²) < 4.78 is 5.35. The fraction of sp³-hybridized carbons (Fsp3) is 0.111. The molecule has 0 bridgehead atoms. The molecular weight excluding hydrogens is 444 g/mol. The molecule has 2 amide bonds. The number of aryl methyl sites for hydroxylation is 1. The highest BCUT2D eigenvalue weighted by molar-refractivity contribution is 6.11. The summed E-state index contributed by atoms with van der Waals surface area (Å²) in [6, 6.07) is 21.0. The minimum atomic E-state index is -0.477. The molecule has 8 nitrogen and oxygen atoms in total. The Labute approximate surface area is 202 Å². The predicted molar refractivity (Wildman–Crippen MR) is 135 cm³/mol. The predicted octanol–water partition coefficient (Wildman–Crippen LogP) is 5.89. The largest absolute Gasteiger partial charge is 0.505 e. The van der Waals surface area contributed by atoms with E-state index in [0.717, 1.165) is 5.56 Å². The van der Waals surface area contributed by atoms with E-state index >= 15 is 0 Å². The van der Waals surface area contributed by atoms with Crippen LogP contribution in [0.2, 0.25) is 0 Å². The second kappa shape index (κ2) is 10.0. The minimum absolute atomic E-state index is 0.0604. The van der Waals surface area contributed by atoms with Gasteiger partial charge >= 0.3 is 0 Å². The molecule has 0 saturated heterocycles. The second-order valence-electron chi connectivity index (χ2n) is 7.83. The number of rotatable bonds is 6. The van der Waals surface area contributed by atoms with Crippen molar-refractivity contribution in [2.24, 2.45) is 10.2 Å². The Morgan fingerprint density at radius 2 is 1.71 bits per heavy atom. The number of benzene rings is 4. The smallest absolute Gasteiger partial charge is 0.259 e. The van der Waals surface area contributed by atoms with E-state index in [4.69, 9.17) is 4.74 Å². The summed E-state index contributed by atoms with van der Waals surface area (Å²) in [4.78, 5) is 25.1. The van der Waals surface area contributed by atoms with Crippen LogP contribution in [0.5, 0.6) is 11.5 Å². The van der Waals surface area contributed by atoms with Crippen LogP contribution in [0.15, 0.2) is 83.0 Å². The molecule has 0 unspecified atom stereocenters. The van der Waals surface area contributed by atoms with Crippen LogP contribution in [0.4, 0.5) is 17.1 Å². The standard InChI is InChI=1S/C27H24N4O4/c1-16-7-6-9-19(13-16)29-27(34)21-14-17-8-4-5-10-20(17)24(25(21)32)31-30-22-15-18(26(33)28-2)11-12-23(22)35-3/h4-15,32H,1-3H3,(H,28,33)(H,29,34)/b31-30+. The summed E-state index contributed by atoms with van der Waals surface area (Å²) in [5, 5.41) is 26.3. The number of carbonyl (C=O) groups excluding carboxylic acids is 2. The van der Waals surface area contributed by atoms with Crippen molar-refractivity contribution < 1.29 is 19.4 Å². The van der Waals surface area contributed by atoms with Crippen molar-refractivity contribution >= 4 is 39.6 Å². The molecule has 0 aliphatic rings. The number of hydrogen-bond acceptors (Lipinski definition) is 6. The van der Waals surface area contributed by atoms with Gasteiger partial charge in [-0.1, -0.05) is 36.4 Å². The molecule has 8 heteroatoms. The van der Waals surface area contributed by atoms with Gasteiger partial charge in [-0.15, -0.1) is 10.2 Å². The lowest BCUT2D eigenvalue weighted by Gasteiger charge is -2.12. The Morgan fingerprint density at radius 1 is 0.914 bits per heavy atom. The highest BCUT2D eigenvalue weighted by Crippen LogP contribution is 2.40. The number of phenolic OH excluding ortho intramolecular Hbond substituents is 1. The fourth-order valence-electron chi connectivity index (χ4n) is 3.67. The maximum atomic E-state index is 13.1. The molecule has 3 N–H and O–H groups in total. The van der Waals surface area contributed by atoms with Gasteiger partial charge in [-0.05, 0) is 54.3 Å². The van der Waals surface area contributed by atoms with Gasteiger partial charge in [0.2, 0.25) is 0 Å². The minimum Gasteiger partial charge on any atom is -0.505 e. The van der Waals surface area contributed by atoms with E-state index in [0.29, 0.717) is 33.5 Å². The highest BCUT2D eigenvalue weighted by Gasteiger charge is 2.19. The summed E-state index contributed by atoms with van der Waals surface area (Å²) in [5.41, 5.74) is 2.47. The number of nitrogens with zero attached hydrogens (tertiary/aromatic N) is 2. The molecular formula is C27H24N4O4. The first kappa shape index (κ1) is 23.4. The van der Waals surface area contributed by atoms with Crippen LogP contribution < -0.4 is 15.4 Å². The zero-order chi connectivity index (χ0) is 24.9. The quantitative estimate of drug-likeness (QED) is 0.306. The molecule has 4 aromatic carbocycles. The number of nitrogens with one attached hydrogen (secondary N) is 2. The molecule has 4 aromatic rings. The Morgan fingerprint density at radius 3 is 2.46 bits per heavy atom. The van der Waals surface area contributed by atoms with Gasteiger partial charge in [0.15, 0.2) is 5.75 Å². The van der Waals surface area contributed by atoms with Gasteiger partial charge in [0.1, 0.15) is 17.1 Å². The maximum Gasteiger partial charge on any atom is 0.259 e. The first-order valence-corrected chi connectivity index (χ1v) is 10.9. The van der Waals surface area contributed by atoms with Crippen molar-refractivity contribution in [3.63, 3.8) is 0 Å². The van der Waals surface area contributed by atoms with Gasteiger partial charge in [0.25, 0.3) is 11.8 Å². The molecule has 35 heavy (non-hydrogen) atoms. The third-order valence-corrected chi connectivity index (χ3v) is 5.44.